The van der Waals surface area contributed by atoms with Crippen LogP contribution in [0.1, 0.15) is 25.0 Å². The first kappa shape index (κ1) is 16.9. The van der Waals surface area contributed by atoms with Crippen molar-refractivity contribution < 1.29 is 4.48 Å². The van der Waals surface area contributed by atoms with Crippen molar-refractivity contribution in [3.8, 4) is 11.8 Å². The maximum Gasteiger partial charge on any atom is 0.0889 e. The van der Waals surface area contributed by atoms with Gasteiger partial charge in [0.1, 0.15) is 0 Å². The van der Waals surface area contributed by atoms with Crippen LogP contribution in [0.5, 0.6) is 0 Å². The number of quaternary nitrogens is 1. The van der Waals surface area contributed by atoms with E-state index in [0.29, 0.717) is 0 Å². The lowest BCUT2D eigenvalue weighted by Crippen LogP contribution is -2.44. The second kappa shape index (κ2) is 8.88. The molecule has 0 saturated heterocycles. The summed E-state index contributed by atoms with van der Waals surface area (Å²) in [6.45, 7) is 9.63. The van der Waals surface area contributed by atoms with E-state index in [1.54, 1.807) is 0 Å². The van der Waals surface area contributed by atoms with Crippen LogP contribution >= 0.6 is 0 Å². The van der Waals surface area contributed by atoms with Gasteiger partial charge in [-0.2, -0.15) is 0 Å². The molecule has 0 aliphatic carbocycles. The largest absolute Gasteiger partial charge is 0.359 e. The molecule has 0 bridgehead atoms. The highest BCUT2D eigenvalue weighted by Gasteiger charge is 2.15. The molecular formula is C22H25N. The van der Waals surface area contributed by atoms with Crippen molar-refractivity contribution in [3.63, 3.8) is 0 Å². The Morgan fingerprint density at radius 1 is 0.913 bits per heavy atom. The van der Waals surface area contributed by atoms with E-state index in [4.69, 9.17) is 0 Å². The van der Waals surface area contributed by atoms with E-state index in [1.165, 1.54) is 5.56 Å². The van der Waals surface area contributed by atoms with Gasteiger partial charge in [0.05, 0.1) is 19.6 Å². The molecule has 2 aromatic carbocycles. The normalized spacial score (nSPS) is 11.0. The summed E-state index contributed by atoms with van der Waals surface area (Å²) in [4.78, 5) is 0. The average Bonchev–Trinajstić information content (AvgIpc) is 2.62. The molecule has 0 spiro atoms. The fourth-order valence-corrected chi connectivity index (χ4v) is 2.45. The molecule has 0 unspecified atom stereocenters. The third kappa shape index (κ3) is 5.36. The monoisotopic (exact) mass is 303 g/mol. The Balaban J connectivity index is 2.01. The van der Waals surface area contributed by atoms with Crippen molar-refractivity contribution in [2.24, 2.45) is 0 Å². The van der Waals surface area contributed by atoms with Crippen LogP contribution in [0.15, 0.2) is 66.7 Å². The van der Waals surface area contributed by atoms with Crippen LogP contribution < -0.4 is 0 Å². The van der Waals surface area contributed by atoms with Gasteiger partial charge >= 0.3 is 0 Å². The number of likely N-dealkylation sites (N-methyl/N-ethyl adjacent to an activating group) is 1. The number of hydrogen-bond donors (Lipinski definition) is 0. The van der Waals surface area contributed by atoms with Crippen molar-refractivity contribution >= 4 is 6.08 Å². The molecular weight excluding hydrogens is 278 g/mol. The highest BCUT2D eigenvalue weighted by Crippen LogP contribution is 2.11. The lowest BCUT2D eigenvalue weighted by molar-refractivity contribution is -0.886. The Morgan fingerprint density at radius 3 is 2.13 bits per heavy atom. The Bertz CT molecular complexity index is 655. The fraction of sp³-hybridized carbons (Fsp3) is 0.227. The summed E-state index contributed by atoms with van der Waals surface area (Å²) in [5.74, 6) is 6.49. The number of rotatable bonds is 6. The Kier molecular flexibility index (Phi) is 6.54. The maximum absolute atomic E-state index is 3.26. The SMILES string of the molecule is CC[N+]([CH-]C#Cc1ccccc1)(CC)C/C=C/c1ccccc1. The summed E-state index contributed by atoms with van der Waals surface area (Å²) in [5, 5.41) is 0. The summed E-state index contributed by atoms with van der Waals surface area (Å²) in [6, 6.07) is 20.6. The third-order valence-corrected chi connectivity index (χ3v) is 4.17. The highest BCUT2D eigenvalue weighted by molar-refractivity contribution is 5.48. The minimum Gasteiger partial charge on any atom is -0.359 e. The summed E-state index contributed by atoms with van der Waals surface area (Å²) in [5.41, 5.74) is 2.31. The zero-order valence-corrected chi connectivity index (χ0v) is 14.1. The van der Waals surface area contributed by atoms with E-state index in [-0.39, 0.29) is 0 Å². The van der Waals surface area contributed by atoms with E-state index >= 15 is 0 Å². The van der Waals surface area contributed by atoms with Gasteiger partial charge in [-0.1, -0.05) is 72.3 Å². The first-order chi connectivity index (χ1) is 11.3. The highest BCUT2D eigenvalue weighted by atomic mass is 15.3. The van der Waals surface area contributed by atoms with Crippen molar-refractivity contribution in [2.45, 2.75) is 13.8 Å². The standard InChI is InChI=1S/C22H25N/c1-3-23(4-2,19-11-17-21-13-7-5-8-14-21)20-12-18-22-15-9-6-10-16-22/h5-11,13-17,20H,3-4,19H2,1-2H3/b17-11+. The van der Waals surface area contributed by atoms with Crippen molar-refractivity contribution in [1.82, 2.24) is 0 Å². The van der Waals surface area contributed by atoms with Gasteiger partial charge in [-0.05, 0) is 25.5 Å². The van der Waals surface area contributed by atoms with Crippen molar-refractivity contribution in [2.75, 3.05) is 19.6 Å². The number of nitrogens with zero attached hydrogens (tertiary/aromatic N) is 1. The topological polar surface area (TPSA) is 0 Å². The third-order valence-electron chi connectivity index (χ3n) is 4.17. The predicted molar refractivity (Wildman–Crippen MR) is 99.3 cm³/mol. The summed E-state index contributed by atoms with van der Waals surface area (Å²) >= 11 is 0. The molecule has 118 valence electrons. The fourth-order valence-electron chi connectivity index (χ4n) is 2.45. The van der Waals surface area contributed by atoms with Gasteiger partial charge in [-0.15, -0.1) is 0 Å². The average molecular weight is 303 g/mol. The van der Waals surface area contributed by atoms with Crippen LogP contribution in [0, 0.1) is 18.4 Å². The quantitative estimate of drug-likeness (QED) is 0.410. The molecule has 0 aliphatic rings. The molecule has 0 aliphatic heterocycles. The summed E-state index contributed by atoms with van der Waals surface area (Å²) in [7, 11) is 0. The maximum atomic E-state index is 3.26. The first-order valence-electron chi connectivity index (χ1n) is 8.26. The van der Waals surface area contributed by atoms with Crippen LogP contribution in [0.2, 0.25) is 0 Å². The minimum absolute atomic E-state index is 0.878. The minimum atomic E-state index is 0.878. The summed E-state index contributed by atoms with van der Waals surface area (Å²) < 4.78 is 0.878. The van der Waals surface area contributed by atoms with Crippen LogP contribution in [-0.2, 0) is 0 Å². The van der Waals surface area contributed by atoms with Gasteiger partial charge in [-0.3, -0.25) is 5.92 Å². The second-order valence-corrected chi connectivity index (χ2v) is 5.61. The second-order valence-electron chi connectivity index (χ2n) is 5.61. The van der Waals surface area contributed by atoms with Gasteiger partial charge in [0.2, 0.25) is 0 Å². The Morgan fingerprint density at radius 2 is 1.52 bits per heavy atom. The van der Waals surface area contributed by atoms with Crippen LogP contribution in [0.3, 0.4) is 0 Å². The van der Waals surface area contributed by atoms with E-state index < -0.39 is 0 Å². The molecule has 0 atom stereocenters. The van der Waals surface area contributed by atoms with Crippen LogP contribution in [0.25, 0.3) is 6.08 Å². The van der Waals surface area contributed by atoms with E-state index in [2.05, 4.69) is 68.7 Å². The van der Waals surface area contributed by atoms with Gasteiger partial charge in [0, 0.05) is 6.54 Å². The van der Waals surface area contributed by atoms with Gasteiger partial charge in [-0.25, -0.2) is 5.92 Å². The molecule has 0 fully saturated rings. The Labute approximate surface area is 140 Å². The summed E-state index contributed by atoms with van der Waals surface area (Å²) in [6.07, 6.45) is 4.44. The van der Waals surface area contributed by atoms with Crippen LogP contribution in [-0.4, -0.2) is 24.1 Å². The molecule has 1 heteroatoms. The van der Waals surface area contributed by atoms with Gasteiger partial charge < -0.3 is 4.48 Å². The van der Waals surface area contributed by atoms with Crippen LogP contribution in [0.4, 0.5) is 0 Å². The molecule has 1 nitrogen and oxygen atoms in total. The molecule has 23 heavy (non-hydrogen) atoms. The smallest absolute Gasteiger partial charge is 0.0889 e. The van der Waals surface area contributed by atoms with Gasteiger partial charge in [0.15, 0.2) is 0 Å². The van der Waals surface area contributed by atoms with E-state index in [9.17, 15) is 0 Å². The lowest BCUT2D eigenvalue weighted by Gasteiger charge is -2.38. The number of benzene rings is 2. The predicted octanol–water partition coefficient (Wildman–Crippen LogP) is 4.77. The molecule has 2 rings (SSSR count). The first-order valence-corrected chi connectivity index (χ1v) is 8.26. The number of hydrogen-bond acceptors (Lipinski definition) is 0. The molecule has 0 saturated carbocycles. The lowest BCUT2D eigenvalue weighted by atomic mass is 10.2. The molecule has 0 amide bonds. The molecule has 0 N–H and O–H groups in total. The molecule has 0 heterocycles. The van der Waals surface area contributed by atoms with E-state index in [1.807, 2.05) is 36.4 Å². The molecule has 2 aromatic rings. The Hall–Kier alpha value is -2.43. The zero-order chi connectivity index (χ0) is 16.4. The zero-order valence-electron chi connectivity index (χ0n) is 14.1. The molecule has 0 radical (unpaired) electrons. The van der Waals surface area contributed by atoms with E-state index in [0.717, 1.165) is 29.7 Å². The van der Waals surface area contributed by atoms with Gasteiger partial charge in [0.25, 0.3) is 0 Å². The van der Waals surface area contributed by atoms with Crippen molar-refractivity contribution in [3.05, 3.63) is 84.4 Å². The van der Waals surface area contributed by atoms with Crippen molar-refractivity contribution in [1.29, 1.82) is 0 Å². The molecule has 0 aromatic heterocycles.